The number of carbonyl (C=O) groups excluding carboxylic acids is 3. The third-order valence-corrected chi connectivity index (χ3v) is 9.89. The van der Waals surface area contributed by atoms with Crippen molar-refractivity contribution in [1.82, 2.24) is 24.9 Å². The highest BCUT2D eigenvalue weighted by Crippen LogP contribution is 2.30. The van der Waals surface area contributed by atoms with Crippen molar-refractivity contribution in [3.05, 3.63) is 57.6 Å². The van der Waals surface area contributed by atoms with Crippen LogP contribution < -0.4 is 10.6 Å². The molecule has 0 saturated carbocycles. The largest absolute Gasteiger partial charge is 0.368 e. The predicted octanol–water partition coefficient (Wildman–Crippen LogP) is 4.41. The number of nitrogens with one attached hydrogen (secondary N) is 2. The van der Waals surface area contributed by atoms with E-state index < -0.39 is 11.0 Å². The number of halogens is 1. The molecule has 5 rings (SSSR count). The van der Waals surface area contributed by atoms with Gasteiger partial charge in [-0.05, 0) is 70.2 Å². The Labute approximate surface area is 275 Å². The van der Waals surface area contributed by atoms with Gasteiger partial charge in [0, 0.05) is 62.4 Å². The number of rotatable bonds is 8. The highest BCUT2D eigenvalue weighted by Gasteiger charge is 2.35. The number of likely N-dealkylation sites (tertiary alicyclic amines) is 3. The average Bonchev–Trinajstić information content (AvgIpc) is 3.07. The molecule has 46 heavy (non-hydrogen) atoms. The van der Waals surface area contributed by atoms with E-state index in [9.17, 15) is 24.5 Å². The van der Waals surface area contributed by atoms with E-state index in [0.29, 0.717) is 63.2 Å². The number of nitro benzene ring substituents is 1. The van der Waals surface area contributed by atoms with Crippen LogP contribution in [-0.2, 0) is 9.59 Å². The number of benzene rings is 1. The molecule has 1 aromatic rings. The van der Waals surface area contributed by atoms with Crippen LogP contribution in [0.2, 0.25) is 5.02 Å². The number of urea groups is 1. The van der Waals surface area contributed by atoms with Crippen molar-refractivity contribution in [2.24, 2.45) is 0 Å². The highest BCUT2D eigenvalue weighted by molar-refractivity contribution is 6.31. The van der Waals surface area contributed by atoms with Crippen LogP contribution in [0.5, 0.6) is 0 Å². The van der Waals surface area contributed by atoms with Crippen LogP contribution >= 0.6 is 11.6 Å². The number of nitrogens with zero attached hydrogens (tertiary/aromatic N) is 5. The molecule has 4 heterocycles. The summed E-state index contributed by atoms with van der Waals surface area (Å²) in [5, 5.41) is 18.1. The van der Waals surface area contributed by atoms with Crippen LogP contribution in [0.3, 0.4) is 0 Å². The van der Waals surface area contributed by atoms with Crippen molar-refractivity contribution in [2.45, 2.75) is 75.9 Å². The van der Waals surface area contributed by atoms with E-state index in [1.165, 1.54) is 37.5 Å². The molecule has 1 atom stereocenters. The number of carbonyl (C=O) groups is 3. The van der Waals surface area contributed by atoms with E-state index in [0.717, 1.165) is 32.4 Å². The van der Waals surface area contributed by atoms with Gasteiger partial charge < -0.3 is 30.2 Å². The first-order valence-electron chi connectivity index (χ1n) is 16.7. The monoisotopic (exact) mass is 655 g/mol. The Bertz CT molecular complexity index is 1300. The van der Waals surface area contributed by atoms with Crippen molar-refractivity contribution in [1.29, 1.82) is 0 Å². The van der Waals surface area contributed by atoms with Gasteiger partial charge in [-0.25, -0.2) is 4.79 Å². The maximum Gasteiger partial charge on any atom is 0.317 e. The summed E-state index contributed by atoms with van der Waals surface area (Å²) in [5.74, 6) is -0.434. The second-order valence-electron chi connectivity index (χ2n) is 12.6. The number of anilines is 1. The van der Waals surface area contributed by atoms with Gasteiger partial charge in [0.15, 0.2) is 0 Å². The molecule has 0 bridgehead atoms. The summed E-state index contributed by atoms with van der Waals surface area (Å²) in [6.45, 7) is 5.34. The molecule has 13 heteroatoms. The molecule has 0 unspecified atom stereocenters. The van der Waals surface area contributed by atoms with Crippen LogP contribution in [-0.4, -0.2) is 113 Å². The van der Waals surface area contributed by atoms with Crippen molar-refractivity contribution in [3.8, 4) is 0 Å². The number of piperidine rings is 3. The molecular formula is C33H46ClN7O5. The van der Waals surface area contributed by atoms with E-state index in [-0.39, 0.29) is 41.7 Å². The first-order chi connectivity index (χ1) is 22.3. The lowest BCUT2D eigenvalue weighted by Gasteiger charge is -2.41. The third kappa shape index (κ3) is 8.79. The first-order valence-corrected chi connectivity index (χ1v) is 17.0. The van der Waals surface area contributed by atoms with Gasteiger partial charge in [-0.1, -0.05) is 42.3 Å². The molecule has 1 aromatic carbocycles. The van der Waals surface area contributed by atoms with Crippen molar-refractivity contribution >= 4 is 40.8 Å². The fourth-order valence-corrected chi connectivity index (χ4v) is 7.26. The minimum absolute atomic E-state index is 0.00622. The summed E-state index contributed by atoms with van der Waals surface area (Å²) in [7, 11) is 0. The summed E-state index contributed by atoms with van der Waals surface area (Å²) in [6, 6.07) is 3.54. The third-order valence-electron chi connectivity index (χ3n) is 9.65. The SMILES string of the molecule is O=C(C[C@H](Nc1cc(Cl)ccc1[N+](=O)[O-])C(=O)N1CCC(N2CCCCC2)CC1)N1CCC(N2CC/C=C\C=C/CNC2=O)CC1. The average molecular weight is 656 g/mol. The molecular weight excluding hydrogens is 610 g/mol. The highest BCUT2D eigenvalue weighted by atomic mass is 35.5. The minimum atomic E-state index is -0.985. The van der Waals surface area contributed by atoms with Crippen molar-refractivity contribution in [2.75, 3.05) is 57.7 Å². The van der Waals surface area contributed by atoms with Gasteiger partial charge in [-0.2, -0.15) is 0 Å². The van der Waals surface area contributed by atoms with Crippen LogP contribution in [0.4, 0.5) is 16.2 Å². The number of amides is 4. The zero-order valence-corrected chi connectivity index (χ0v) is 27.2. The Morgan fingerprint density at radius 3 is 2.33 bits per heavy atom. The van der Waals surface area contributed by atoms with E-state index in [1.54, 1.807) is 9.80 Å². The Kier molecular flexibility index (Phi) is 11.9. The van der Waals surface area contributed by atoms with Gasteiger partial charge in [-0.15, -0.1) is 0 Å². The molecule has 0 aliphatic carbocycles. The Morgan fingerprint density at radius 1 is 0.935 bits per heavy atom. The number of allylic oxidation sites excluding steroid dienone is 2. The van der Waals surface area contributed by atoms with E-state index in [4.69, 9.17) is 11.6 Å². The molecule has 12 nitrogen and oxygen atoms in total. The summed E-state index contributed by atoms with van der Waals surface area (Å²) in [4.78, 5) is 59.8. The van der Waals surface area contributed by atoms with Gasteiger partial charge in [0.2, 0.25) is 11.8 Å². The molecule has 0 spiro atoms. The lowest BCUT2D eigenvalue weighted by molar-refractivity contribution is -0.384. The second kappa shape index (κ2) is 16.3. The fraction of sp³-hybridized carbons (Fsp3) is 0.606. The van der Waals surface area contributed by atoms with E-state index in [2.05, 4.69) is 15.5 Å². The second-order valence-corrected chi connectivity index (χ2v) is 13.0. The van der Waals surface area contributed by atoms with Gasteiger partial charge in [-0.3, -0.25) is 19.7 Å². The smallest absolute Gasteiger partial charge is 0.317 e. The number of hydrogen-bond acceptors (Lipinski definition) is 7. The molecule has 2 N–H and O–H groups in total. The van der Waals surface area contributed by atoms with Crippen LogP contribution in [0.25, 0.3) is 0 Å². The van der Waals surface area contributed by atoms with Crippen molar-refractivity contribution < 1.29 is 19.3 Å². The fourth-order valence-electron chi connectivity index (χ4n) is 7.09. The van der Waals surface area contributed by atoms with Gasteiger partial charge in [0.1, 0.15) is 11.7 Å². The van der Waals surface area contributed by atoms with Gasteiger partial charge in [0.05, 0.1) is 11.3 Å². The minimum Gasteiger partial charge on any atom is -0.368 e. The maximum atomic E-state index is 14.0. The molecule has 250 valence electrons. The Morgan fingerprint density at radius 2 is 1.61 bits per heavy atom. The normalized spacial score (nSPS) is 22.9. The summed E-state index contributed by atoms with van der Waals surface area (Å²) in [5.41, 5.74) is -0.0908. The summed E-state index contributed by atoms with van der Waals surface area (Å²) < 4.78 is 0. The first kappa shape index (κ1) is 33.7. The topological polar surface area (TPSA) is 131 Å². The van der Waals surface area contributed by atoms with E-state index in [1.807, 2.05) is 29.2 Å². The maximum absolute atomic E-state index is 14.0. The zero-order valence-electron chi connectivity index (χ0n) is 26.4. The van der Waals surface area contributed by atoms with Crippen LogP contribution in [0, 0.1) is 10.1 Å². The zero-order chi connectivity index (χ0) is 32.5. The van der Waals surface area contributed by atoms with Gasteiger partial charge in [0.25, 0.3) is 5.69 Å². The molecule has 4 aliphatic heterocycles. The summed E-state index contributed by atoms with van der Waals surface area (Å²) >= 11 is 6.20. The Balaban J connectivity index is 1.24. The van der Waals surface area contributed by atoms with Crippen LogP contribution in [0.15, 0.2) is 42.5 Å². The standard InChI is InChI=1S/C33H46ClN7O5/c34-25-9-10-30(41(45)46)28(23-25)36-29(32(43)39-21-11-26(12-22-39)37-16-6-4-7-17-37)24-31(42)38-19-13-27(14-20-38)40-18-8-3-1-2-5-15-35-33(40)44/h1-3,5,9-10,23,26-27,29,36H,4,6-8,11-22,24H2,(H,35,44)/b3-1-,5-2-/t29-/m0/s1. The number of nitro groups is 1. The predicted molar refractivity (Wildman–Crippen MR) is 178 cm³/mol. The number of hydrogen-bond donors (Lipinski definition) is 2. The Hall–Kier alpha value is -3.64. The molecule has 4 aliphatic rings. The lowest BCUT2D eigenvalue weighted by Crippen LogP contribution is -2.54. The molecule has 3 saturated heterocycles. The lowest BCUT2D eigenvalue weighted by atomic mass is 9.98. The van der Waals surface area contributed by atoms with Crippen LogP contribution in [0.1, 0.15) is 57.8 Å². The van der Waals surface area contributed by atoms with Gasteiger partial charge >= 0.3 is 6.03 Å². The summed E-state index contributed by atoms with van der Waals surface area (Å²) in [6.07, 6.45) is 15.2. The molecule has 4 amide bonds. The van der Waals surface area contributed by atoms with Crippen molar-refractivity contribution in [3.63, 3.8) is 0 Å². The van der Waals surface area contributed by atoms with E-state index >= 15 is 0 Å². The molecule has 0 aromatic heterocycles. The molecule has 0 radical (unpaired) electrons. The quantitative estimate of drug-likeness (QED) is 0.313. The molecule has 3 fully saturated rings.